The first-order valence-corrected chi connectivity index (χ1v) is 9.22. The zero-order valence-corrected chi connectivity index (χ0v) is 14.7. The van der Waals surface area contributed by atoms with Crippen LogP contribution in [-0.2, 0) is 11.2 Å². The molecule has 0 amide bonds. The Bertz CT molecular complexity index is 654. The van der Waals surface area contributed by atoms with Crippen molar-refractivity contribution in [2.45, 2.75) is 77.1 Å². The Labute approximate surface area is 143 Å². The second kappa shape index (κ2) is 6.07. The molecule has 0 bridgehead atoms. The highest BCUT2D eigenvalue weighted by atomic mass is 16.7. The molecular formula is C20H26O4. The Morgan fingerprint density at radius 2 is 1.96 bits per heavy atom. The van der Waals surface area contributed by atoms with Crippen molar-refractivity contribution < 1.29 is 19.0 Å². The van der Waals surface area contributed by atoms with Gasteiger partial charge in [0.1, 0.15) is 17.1 Å². The molecule has 4 heteroatoms. The third kappa shape index (κ3) is 2.52. The summed E-state index contributed by atoms with van der Waals surface area (Å²) < 4.78 is 18.3. The van der Waals surface area contributed by atoms with E-state index < -0.39 is 0 Å². The van der Waals surface area contributed by atoms with E-state index in [0.29, 0.717) is 5.56 Å². The minimum Gasteiger partial charge on any atom is -0.486 e. The van der Waals surface area contributed by atoms with Gasteiger partial charge in [0.15, 0.2) is 12.6 Å². The molecule has 0 N–H and O–H groups in total. The lowest BCUT2D eigenvalue weighted by molar-refractivity contribution is -0.106. The van der Waals surface area contributed by atoms with E-state index in [-0.39, 0.29) is 11.9 Å². The van der Waals surface area contributed by atoms with Gasteiger partial charge in [0, 0.05) is 17.5 Å². The van der Waals surface area contributed by atoms with Gasteiger partial charge in [0.2, 0.25) is 0 Å². The van der Waals surface area contributed by atoms with E-state index in [4.69, 9.17) is 14.2 Å². The molecule has 4 rings (SSSR count). The van der Waals surface area contributed by atoms with E-state index in [1.165, 1.54) is 6.42 Å². The van der Waals surface area contributed by atoms with E-state index in [9.17, 15) is 4.79 Å². The second-order valence-corrected chi connectivity index (χ2v) is 7.47. The van der Waals surface area contributed by atoms with Crippen molar-refractivity contribution in [3.05, 3.63) is 22.3 Å². The molecule has 24 heavy (non-hydrogen) atoms. The van der Waals surface area contributed by atoms with E-state index >= 15 is 0 Å². The summed E-state index contributed by atoms with van der Waals surface area (Å²) in [7, 11) is 0. The van der Waals surface area contributed by atoms with Gasteiger partial charge in [0.05, 0.1) is 12.2 Å². The van der Waals surface area contributed by atoms with E-state index in [1.54, 1.807) is 0 Å². The van der Waals surface area contributed by atoms with Crippen LogP contribution in [0.2, 0.25) is 0 Å². The van der Waals surface area contributed by atoms with Crippen LogP contribution in [0.1, 0.15) is 72.0 Å². The molecule has 2 aliphatic heterocycles. The second-order valence-electron chi connectivity index (χ2n) is 7.47. The van der Waals surface area contributed by atoms with Crippen molar-refractivity contribution in [2.75, 3.05) is 6.61 Å². The van der Waals surface area contributed by atoms with Crippen molar-refractivity contribution in [3.8, 4) is 11.5 Å². The molecule has 4 nitrogen and oxygen atoms in total. The fraction of sp³-hybridized carbons (Fsp3) is 0.650. The maximum Gasteiger partial charge on any atom is 0.199 e. The lowest BCUT2D eigenvalue weighted by atomic mass is 9.73. The maximum atomic E-state index is 11.8. The summed E-state index contributed by atoms with van der Waals surface area (Å²) in [6, 6.07) is 0. The highest BCUT2D eigenvalue weighted by Crippen LogP contribution is 2.49. The minimum absolute atomic E-state index is 0.0154. The molecule has 1 saturated carbocycles. The van der Waals surface area contributed by atoms with Gasteiger partial charge >= 0.3 is 0 Å². The van der Waals surface area contributed by atoms with Gasteiger partial charge in [-0.05, 0) is 64.4 Å². The van der Waals surface area contributed by atoms with Crippen LogP contribution < -0.4 is 9.47 Å². The predicted molar refractivity (Wildman–Crippen MR) is 91.1 cm³/mol. The van der Waals surface area contributed by atoms with Crippen molar-refractivity contribution in [3.63, 3.8) is 0 Å². The van der Waals surface area contributed by atoms with Crippen LogP contribution in [0.15, 0.2) is 0 Å². The van der Waals surface area contributed by atoms with Crippen molar-refractivity contribution in [1.82, 2.24) is 0 Å². The third-order valence-corrected chi connectivity index (χ3v) is 5.98. The summed E-state index contributed by atoms with van der Waals surface area (Å²) in [4.78, 5) is 11.8. The quantitative estimate of drug-likeness (QED) is 0.777. The number of ether oxygens (including phenoxy) is 3. The first-order chi connectivity index (χ1) is 11.6. The minimum atomic E-state index is -0.198. The van der Waals surface area contributed by atoms with Crippen LogP contribution in [0.25, 0.3) is 0 Å². The highest BCUT2D eigenvalue weighted by Gasteiger charge is 2.43. The molecule has 2 heterocycles. The largest absolute Gasteiger partial charge is 0.486 e. The number of benzene rings is 1. The zero-order valence-electron chi connectivity index (χ0n) is 14.7. The molecular weight excluding hydrogens is 304 g/mol. The van der Waals surface area contributed by atoms with Crippen molar-refractivity contribution in [1.29, 1.82) is 0 Å². The van der Waals surface area contributed by atoms with Gasteiger partial charge in [-0.15, -0.1) is 0 Å². The normalized spacial score (nSPS) is 24.7. The Hall–Kier alpha value is -1.55. The summed E-state index contributed by atoms with van der Waals surface area (Å²) in [5, 5.41) is 0. The predicted octanol–water partition coefficient (Wildman–Crippen LogP) is 4.27. The lowest BCUT2D eigenvalue weighted by Crippen LogP contribution is -2.46. The SMILES string of the molecule is Cc1c(C=O)c2c(c(C)c1OC1CCCCO1)CCC1(CCC1)O2. The van der Waals surface area contributed by atoms with Gasteiger partial charge < -0.3 is 14.2 Å². The number of aldehydes is 1. The first-order valence-electron chi connectivity index (χ1n) is 9.22. The Morgan fingerprint density at radius 3 is 2.58 bits per heavy atom. The maximum absolute atomic E-state index is 11.8. The van der Waals surface area contributed by atoms with Gasteiger partial charge in [-0.25, -0.2) is 0 Å². The third-order valence-electron chi connectivity index (χ3n) is 5.98. The molecule has 0 radical (unpaired) electrons. The molecule has 1 atom stereocenters. The summed E-state index contributed by atoms with van der Waals surface area (Å²) >= 11 is 0. The summed E-state index contributed by atoms with van der Waals surface area (Å²) in [6.07, 6.45) is 9.31. The Kier molecular flexibility index (Phi) is 4.03. The number of hydrogen-bond donors (Lipinski definition) is 0. The average Bonchev–Trinajstić information content (AvgIpc) is 2.58. The molecule has 1 aromatic rings. The van der Waals surface area contributed by atoms with E-state index in [1.807, 2.05) is 6.92 Å². The summed E-state index contributed by atoms with van der Waals surface area (Å²) in [6.45, 7) is 4.79. The van der Waals surface area contributed by atoms with Crippen LogP contribution in [0.4, 0.5) is 0 Å². The summed E-state index contributed by atoms with van der Waals surface area (Å²) in [5.41, 5.74) is 3.78. The first kappa shape index (κ1) is 15.9. The van der Waals surface area contributed by atoms with Gasteiger partial charge in [-0.1, -0.05) is 0 Å². The average molecular weight is 330 g/mol. The van der Waals surface area contributed by atoms with Gasteiger partial charge in [0.25, 0.3) is 0 Å². The Morgan fingerprint density at radius 1 is 1.12 bits per heavy atom. The van der Waals surface area contributed by atoms with Crippen LogP contribution in [0, 0.1) is 13.8 Å². The standard InChI is InChI=1S/C20H26O4/c1-13-15-7-10-20(8-5-9-20)24-19(15)16(12-21)14(2)18(13)23-17-6-3-4-11-22-17/h12,17H,3-11H2,1-2H3. The molecule has 1 aromatic carbocycles. The molecule has 1 spiro atoms. The number of hydrogen-bond acceptors (Lipinski definition) is 4. The topological polar surface area (TPSA) is 44.8 Å². The molecule has 0 aromatic heterocycles. The van der Waals surface area contributed by atoms with Gasteiger partial charge in [-0.2, -0.15) is 0 Å². The zero-order chi connectivity index (χ0) is 16.7. The molecule has 3 aliphatic rings. The van der Waals surface area contributed by atoms with Crippen molar-refractivity contribution >= 4 is 6.29 Å². The Balaban J connectivity index is 1.72. The van der Waals surface area contributed by atoms with Crippen LogP contribution in [0.5, 0.6) is 11.5 Å². The number of carbonyl (C=O) groups is 1. The molecule has 130 valence electrons. The number of rotatable bonds is 3. The van der Waals surface area contributed by atoms with Crippen LogP contribution >= 0.6 is 0 Å². The van der Waals surface area contributed by atoms with Crippen molar-refractivity contribution in [2.24, 2.45) is 0 Å². The van der Waals surface area contributed by atoms with E-state index in [2.05, 4.69) is 6.92 Å². The number of fused-ring (bicyclic) bond motifs is 1. The number of carbonyl (C=O) groups excluding carboxylic acids is 1. The monoisotopic (exact) mass is 330 g/mol. The highest BCUT2D eigenvalue weighted by molar-refractivity contribution is 5.85. The molecule has 2 fully saturated rings. The van der Waals surface area contributed by atoms with Crippen LogP contribution in [0.3, 0.4) is 0 Å². The molecule has 1 saturated heterocycles. The van der Waals surface area contributed by atoms with Crippen LogP contribution in [-0.4, -0.2) is 24.8 Å². The lowest BCUT2D eigenvalue weighted by Gasteiger charge is -2.46. The fourth-order valence-corrected chi connectivity index (χ4v) is 4.26. The molecule has 1 unspecified atom stereocenters. The van der Waals surface area contributed by atoms with Gasteiger partial charge in [-0.3, -0.25) is 4.79 Å². The fourth-order valence-electron chi connectivity index (χ4n) is 4.26. The smallest absolute Gasteiger partial charge is 0.199 e. The molecule has 1 aliphatic carbocycles. The summed E-state index contributed by atoms with van der Waals surface area (Å²) in [5.74, 6) is 1.62. The van der Waals surface area contributed by atoms with E-state index in [0.717, 1.165) is 86.0 Å².